The van der Waals surface area contributed by atoms with E-state index in [0.717, 1.165) is 5.56 Å². The number of hydrogen-bond acceptors (Lipinski definition) is 0. The van der Waals surface area contributed by atoms with E-state index >= 15 is 0 Å². The quantitative estimate of drug-likeness (QED) is 0.720. The summed E-state index contributed by atoms with van der Waals surface area (Å²) in [7, 11) is 0. The van der Waals surface area contributed by atoms with Gasteiger partial charge in [-0.2, -0.15) is 0 Å². The van der Waals surface area contributed by atoms with Gasteiger partial charge in [-0.1, -0.05) is 78.3 Å². The summed E-state index contributed by atoms with van der Waals surface area (Å²) < 4.78 is 0. The Morgan fingerprint density at radius 3 is 1.44 bits per heavy atom. The monoisotopic (exact) mass is 234 g/mol. The molecule has 0 aromatic heterocycles. The molecule has 2 aromatic carbocycles. The summed E-state index contributed by atoms with van der Waals surface area (Å²) in [4.78, 5) is 0. The molecule has 2 rings (SSSR count). The van der Waals surface area contributed by atoms with Crippen LogP contribution in [0, 0.1) is 0 Å². The maximum Gasteiger partial charge on any atom is 0.00484 e. The lowest BCUT2D eigenvalue weighted by Crippen LogP contribution is -1.64. The minimum Gasteiger partial charge on any atom is -0.412 e. The second kappa shape index (κ2) is 9.97. The van der Waals surface area contributed by atoms with Gasteiger partial charge in [-0.15, -0.1) is 0 Å². The molecular weight excluding hydrogens is 220 g/mol. The maximum atomic E-state index is 5.36. The molecule has 16 heavy (non-hydrogen) atoms. The van der Waals surface area contributed by atoms with Gasteiger partial charge in [0.2, 0.25) is 0 Å². The van der Waals surface area contributed by atoms with Gasteiger partial charge in [0.15, 0.2) is 0 Å². The Labute approximate surface area is 101 Å². The second-order valence-electron chi connectivity index (χ2n) is 2.86. The summed E-state index contributed by atoms with van der Waals surface area (Å²) in [6, 6.07) is 21.9. The summed E-state index contributed by atoms with van der Waals surface area (Å²) in [5, 5.41) is 0. The van der Waals surface area contributed by atoms with Crippen LogP contribution in [0.25, 0.3) is 6.08 Å². The summed E-state index contributed by atoms with van der Waals surface area (Å²) >= 11 is 5.36. The Morgan fingerprint density at radius 2 is 1.06 bits per heavy atom. The van der Waals surface area contributed by atoms with Gasteiger partial charge in [0.25, 0.3) is 0 Å². The third kappa shape index (κ3) is 6.82. The fraction of sp³-hybridized carbons (Fsp3) is 0. The molecule has 0 amide bonds. The van der Waals surface area contributed by atoms with Crippen molar-refractivity contribution < 1.29 is 5.48 Å². The smallest absolute Gasteiger partial charge is 0.00484 e. The Bertz CT molecular complexity index is 344. The van der Waals surface area contributed by atoms with Gasteiger partial charge in [0.1, 0.15) is 0 Å². The molecule has 1 nitrogen and oxygen atoms in total. The highest BCUT2D eigenvalue weighted by Gasteiger charge is 1.78. The molecule has 0 saturated heterocycles. The molecule has 0 spiro atoms. The predicted molar refractivity (Wildman–Crippen MR) is 71.4 cm³/mol. The summed E-state index contributed by atoms with van der Waals surface area (Å²) in [5.41, 5.74) is 2.64. The van der Waals surface area contributed by atoms with Gasteiger partial charge in [0, 0.05) is 5.54 Å². The fourth-order valence-electron chi connectivity index (χ4n) is 1.02. The molecule has 2 N–H and O–H groups in total. The largest absolute Gasteiger partial charge is 0.412 e. The van der Waals surface area contributed by atoms with Crippen LogP contribution in [0.1, 0.15) is 5.56 Å². The first-order valence-electron chi connectivity index (χ1n) is 4.75. The van der Waals surface area contributed by atoms with Crippen molar-refractivity contribution in [3.63, 3.8) is 0 Å². The third-order valence-corrected chi connectivity index (χ3v) is 1.85. The van der Waals surface area contributed by atoms with E-state index in [1.165, 1.54) is 5.54 Å². The van der Waals surface area contributed by atoms with Gasteiger partial charge in [0.05, 0.1) is 0 Å². The number of halogens is 1. The highest BCUT2D eigenvalue weighted by atomic mass is 35.5. The van der Waals surface area contributed by atoms with E-state index in [4.69, 9.17) is 11.6 Å². The summed E-state index contributed by atoms with van der Waals surface area (Å²) in [5.74, 6) is 0. The molecular formula is C14H15ClO. The van der Waals surface area contributed by atoms with Crippen LogP contribution >= 0.6 is 11.6 Å². The molecule has 0 unspecified atom stereocenters. The van der Waals surface area contributed by atoms with Crippen molar-refractivity contribution in [1.29, 1.82) is 0 Å². The molecule has 0 aliphatic carbocycles. The van der Waals surface area contributed by atoms with E-state index in [1.54, 1.807) is 0 Å². The lowest BCUT2D eigenvalue weighted by atomic mass is 10.2. The standard InChI is InChI=1S/C8H7Cl.C6H6.H2O/c9-7-6-8-4-2-1-3-5-8;1-2-4-6-5-3-1;/h1-7H;1-6H;1H2. The number of benzene rings is 2. The van der Waals surface area contributed by atoms with Gasteiger partial charge in [-0.25, -0.2) is 0 Å². The minimum absolute atomic E-state index is 0. The Hall–Kier alpha value is -1.57. The molecule has 2 aromatic rings. The van der Waals surface area contributed by atoms with Crippen LogP contribution in [-0.4, -0.2) is 5.48 Å². The Balaban J connectivity index is 0.000000283. The lowest BCUT2D eigenvalue weighted by molar-refractivity contribution is 0.824. The molecule has 0 bridgehead atoms. The van der Waals surface area contributed by atoms with Crippen LogP contribution in [0.5, 0.6) is 0 Å². The van der Waals surface area contributed by atoms with Crippen molar-refractivity contribution in [2.75, 3.05) is 0 Å². The van der Waals surface area contributed by atoms with Crippen molar-refractivity contribution in [3.8, 4) is 0 Å². The van der Waals surface area contributed by atoms with Gasteiger partial charge < -0.3 is 5.48 Å². The molecule has 2 heteroatoms. The molecule has 0 saturated carbocycles. The van der Waals surface area contributed by atoms with E-state index in [0.29, 0.717) is 0 Å². The van der Waals surface area contributed by atoms with Crippen LogP contribution in [0.3, 0.4) is 0 Å². The topological polar surface area (TPSA) is 31.5 Å². The zero-order chi connectivity index (χ0) is 10.8. The molecule has 0 aliphatic rings. The Kier molecular flexibility index (Phi) is 8.99. The van der Waals surface area contributed by atoms with Crippen LogP contribution < -0.4 is 0 Å². The average Bonchev–Trinajstić information content (AvgIpc) is 2.34. The van der Waals surface area contributed by atoms with Crippen molar-refractivity contribution in [2.24, 2.45) is 0 Å². The maximum absolute atomic E-state index is 5.36. The van der Waals surface area contributed by atoms with Gasteiger partial charge in [-0.05, 0) is 11.6 Å². The van der Waals surface area contributed by atoms with Crippen LogP contribution in [0.15, 0.2) is 72.3 Å². The highest BCUT2D eigenvalue weighted by Crippen LogP contribution is 2.00. The van der Waals surface area contributed by atoms with Gasteiger partial charge >= 0.3 is 0 Å². The first-order valence-corrected chi connectivity index (χ1v) is 5.19. The average molecular weight is 235 g/mol. The van der Waals surface area contributed by atoms with E-state index in [1.807, 2.05) is 72.8 Å². The molecule has 0 heterocycles. The molecule has 0 radical (unpaired) electrons. The van der Waals surface area contributed by atoms with E-state index in [-0.39, 0.29) is 5.48 Å². The van der Waals surface area contributed by atoms with Crippen LogP contribution in [0.4, 0.5) is 0 Å². The molecule has 0 aliphatic heterocycles. The number of rotatable bonds is 1. The zero-order valence-corrected chi connectivity index (χ0v) is 9.64. The van der Waals surface area contributed by atoms with Crippen molar-refractivity contribution in [1.82, 2.24) is 0 Å². The Morgan fingerprint density at radius 1 is 0.688 bits per heavy atom. The van der Waals surface area contributed by atoms with Gasteiger partial charge in [-0.3, -0.25) is 0 Å². The molecule has 0 atom stereocenters. The van der Waals surface area contributed by atoms with E-state index < -0.39 is 0 Å². The normalized spacial score (nSPS) is 8.81. The van der Waals surface area contributed by atoms with E-state index in [9.17, 15) is 0 Å². The molecule has 84 valence electrons. The van der Waals surface area contributed by atoms with Crippen molar-refractivity contribution in [2.45, 2.75) is 0 Å². The van der Waals surface area contributed by atoms with Crippen molar-refractivity contribution in [3.05, 3.63) is 77.8 Å². The minimum atomic E-state index is 0. The predicted octanol–water partition coefficient (Wildman–Crippen LogP) is 3.76. The third-order valence-electron chi connectivity index (χ3n) is 1.72. The first kappa shape index (κ1) is 14.4. The SMILES string of the molecule is ClC=Cc1ccccc1.O.c1ccccc1. The molecule has 0 fully saturated rings. The first-order chi connectivity index (χ1) is 7.43. The van der Waals surface area contributed by atoms with Crippen LogP contribution in [-0.2, 0) is 0 Å². The second-order valence-corrected chi connectivity index (χ2v) is 3.11. The lowest BCUT2D eigenvalue weighted by Gasteiger charge is -1.86. The van der Waals surface area contributed by atoms with Crippen molar-refractivity contribution >= 4 is 17.7 Å². The summed E-state index contributed by atoms with van der Waals surface area (Å²) in [6.45, 7) is 0. The highest BCUT2D eigenvalue weighted by molar-refractivity contribution is 6.27. The van der Waals surface area contributed by atoms with Crippen LogP contribution in [0.2, 0.25) is 0 Å². The fourth-order valence-corrected chi connectivity index (χ4v) is 1.17. The number of hydrogen-bond donors (Lipinski definition) is 0. The zero-order valence-electron chi connectivity index (χ0n) is 8.88. The summed E-state index contributed by atoms with van der Waals surface area (Å²) in [6.07, 6.45) is 1.85. The van der Waals surface area contributed by atoms with E-state index in [2.05, 4.69) is 0 Å².